The minimum atomic E-state index is -0.183. The van der Waals surface area contributed by atoms with Crippen molar-refractivity contribution in [2.24, 2.45) is 5.73 Å². The van der Waals surface area contributed by atoms with Crippen LogP contribution in [0.4, 0.5) is 0 Å². The molecular formula is C14H15N5. The lowest BCUT2D eigenvalue weighted by molar-refractivity contribution is 0.721. The molecule has 0 amide bonds. The highest BCUT2D eigenvalue weighted by molar-refractivity contribution is 5.73. The zero-order valence-electron chi connectivity index (χ0n) is 10.9. The van der Waals surface area contributed by atoms with E-state index in [1.54, 1.807) is 6.20 Å². The molecule has 0 saturated carbocycles. The Morgan fingerprint density at radius 1 is 1.21 bits per heavy atom. The molecule has 1 unspecified atom stereocenters. The van der Waals surface area contributed by atoms with Gasteiger partial charge in [0.15, 0.2) is 5.65 Å². The van der Waals surface area contributed by atoms with E-state index >= 15 is 0 Å². The van der Waals surface area contributed by atoms with Crippen LogP contribution in [-0.4, -0.2) is 19.5 Å². The molecule has 0 aromatic carbocycles. The third-order valence-corrected chi connectivity index (χ3v) is 2.99. The molecule has 3 aromatic heterocycles. The number of nitrogens with zero attached hydrogens (tertiary/aromatic N) is 4. The number of aromatic nitrogens is 4. The van der Waals surface area contributed by atoms with E-state index < -0.39 is 0 Å². The molecule has 5 nitrogen and oxygen atoms in total. The summed E-state index contributed by atoms with van der Waals surface area (Å²) in [6.45, 7) is 3.92. The maximum atomic E-state index is 6.01. The molecule has 5 heteroatoms. The first-order valence-electron chi connectivity index (χ1n) is 6.19. The Kier molecular flexibility index (Phi) is 2.76. The zero-order valence-corrected chi connectivity index (χ0v) is 10.9. The Morgan fingerprint density at radius 2 is 2.05 bits per heavy atom. The van der Waals surface area contributed by atoms with Crippen LogP contribution >= 0.6 is 0 Å². The standard InChI is InChI=1S/C14H15N5/c1-9-5-6-12(17-8-9)19-11-4-3-7-16-13(11)18-14(19)10(2)15/h3-8,10H,15H2,1-2H3. The van der Waals surface area contributed by atoms with Gasteiger partial charge in [-0.1, -0.05) is 6.07 Å². The van der Waals surface area contributed by atoms with E-state index in [1.807, 2.05) is 48.9 Å². The van der Waals surface area contributed by atoms with Crippen molar-refractivity contribution in [3.05, 3.63) is 48.0 Å². The first-order chi connectivity index (χ1) is 9.16. The van der Waals surface area contributed by atoms with Crippen molar-refractivity contribution in [2.45, 2.75) is 19.9 Å². The number of hydrogen-bond acceptors (Lipinski definition) is 4. The van der Waals surface area contributed by atoms with Crippen LogP contribution in [0.25, 0.3) is 17.0 Å². The largest absolute Gasteiger partial charge is 0.322 e. The molecule has 0 aliphatic rings. The monoisotopic (exact) mass is 253 g/mol. The number of hydrogen-bond donors (Lipinski definition) is 1. The number of nitrogens with two attached hydrogens (primary N) is 1. The fraction of sp³-hybridized carbons (Fsp3) is 0.214. The van der Waals surface area contributed by atoms with Gasteiger partial charge in [-0.05, 0) is 37.6 Å². The summed E-state index contributed by atoms with van der Waals surface area (Å²) in [5.74, 6) is 1.58. The fourth-order valence-electron chi connectivity index (χ4n) is 2.07. The lowest BCUT2D eigenvalue weighted by atomic mass is 10.3. The smallest absolute Gasteiger partial charge is 0.178 e. The molecule has 0 saturated heterocycles. The Hall–Kier alpha value is -2.27. The van der Waals surface area contributed by atoms with E-state index in [4.69, 9.17) is 5.73 Å². The van der Waals surface area contributed by atoms with Gasteiger partial charge in [0.25, 0.3) is 0 Å². The van der Waals surface area contributed by atoms with Gasteiger partial charge in [0.2, 0.25) is 0 Å². The molecule has 0 fully saturated rings. The topological polar surface area (TPSA) is 69.6 Å². The lowest BCUT2D eigenvalue weighted by Crippen LogP contribution is -2.13. The highest BCUT2D eigenvalue weighted by Gasteiger charge is 2.16. The predicted octanol–water partition coefficient (Wildman–Crippen LogP) is 2.14. The normalized spacial score (nSPS) is 12.8. The Labute approximate surface area is 111 Å². The Bertz CT molecular complexity index is 712. The van der Waals surface area contributed by atoms with Crippen molar-refractivity contribution in [1.82, 2.24) is 19.5 Å². The summed E-state index contributed by atoms with van der Waals surface area (Å²) < 4.78 is 1.96. The van der Waals surface area contributed by atoms with Crippen LogP contribution in [-0.2, 0) is 0 Å². The molecule has 3 aromatic rings. The van der Waals surface area contributed by atoms with Crippen LogP contribution in [0.3, 0.4) is 0 Å². The summed E-state index contributed by atoms with van der Waals surface area (Å²) in [5.41, 5.74) is 8.74. The molecule has 3 rings (SSSR count). The summed E-state index contributed by atoms with van der Waals surface area (Å²) >= 11 is 0. The molecule has 1 atom stereocenters. The molecule has 0 spiro atoms. The Morgan fingerprint density at radius 3 is 2.74 bits per heavy atom. The van der Waals surface area contributed by atoms with E-state index in [-0.39, 0.29) is 6.04 Å². The molecule has 0 aliphatic heterocycles. The summed E-state index contributed by atoms with van der Waals surface area (Å²) in [6.07, 6.45) is 3.57. The Balaban J connectivity index is 2.31. The van der Waals surface area contributed by atoms with Crippen molar-refractivity contribution < 1.29 is 0 Å². The summed E-state index contributed by atoms with van der Waals surface area (Å²) in [4.78, 5) is 13.2. The van der Waals surface area contributed by atoms with Crippen molar-refractivity contribution in [1.29, 1.82) is 0 Å². The van der Waals surface area contributed by atoms with Crippen molar-refractivity contribution in [3.8, 4) is 5.82 Å². The van der Waals surface area contributed by atoms with E-state index in [0.717, 1.165) is 22.7 Å². The van der Waals surface area contributed by atoms with E-state index in [0.29, 0.717) is 5.65 Å². The number of pyridine rings is 2. The molecule has 3 heterocycles. The molecular weight excluding hydrogens is 238 g/mol. The molecule has 19 heavy (non-hydrogen) atoms. The maximum absolute atomic E-state index is 6.01. The van der Waals surface area contributed by atoms with E-state index in [9.17, 15) is 0 Å². The lowest BCUT2D eigenvalue weighted by Gasteiger charge is -2.10. The average molecular weight is 253 g/mol. The van der Waals surface area contributed by atoms with Gasteiger partial charge in [0, 0.05) is 12.4 Å². The van der Waals surface area contributed by atoms with Crippen LogP contribution in [0.15, 0.2) is 36.7 Å². The first kappa shape index (κ1) is 11.8. The number of fused-ring (bicyclic) bond motifs is 1. The summed E-state index contributed by atoms with van der Waals surface area (Å²) in [6, 6.07) is 7.67. The SMILES string of the molecule is Cc1ccc(-n2c(C(C)N)nc3ncccc32)nc1. The zero-order chi connectivity index (χ0) is 13.4. The predicted molar refractivity (Wildman–Crippen MR) is 74.0 cm³/mol. The second kappa shape index (κ2) is 4.44. The molecule has 2 N–H and O–H groups in total. The second-order valence-corrected chi connectivity index (χ2v) is 4.63. The van der Waals surface area contributed by atoms with Gasteiger partial charge in [-0.3, -0.25) is 4.57 Å². The molecule has 96 valence electrons. The molecule has 0 radical (unpaired) electrons. The minimum absolute atomic E-state index is 0.183. The minimum Gasteiger partial charge on any atom is -0.322 e. The first-order valence-corrected chi connectivity index (χ1v) is 6.19. The van der Waals surface area contributed by atoms with Crippen molar-refractivity contribution in [3.63, 3.8) is 0 Å². The van der Waals surface area contributed by atoms with Gasteiger partial charge in [-0.2, -0.15) is 0 Å². The van der Waals surface area contributed by atoms with Gasteiger partial charge in [-0.15, -0.1) is 0 Å². The number of rotatable bonds is 2. The van der Waals surface area contributed by atoms with E-state index in [2.05, 4.69) is 15.0 Å². The van der Waals surface area contributed by atoms with Gasteiger partial charge in [-0.25, -0.2) is 15.0 Å². The number of imidazole rings is 1. The van der Waals surface area contributed by atoms with Gasteiger partial charge >= 0.3 is 0 Å². The maximum Gasteiger partial charge on any atom is 0.178 e. The van der Waals surface area contributed by atoms with Crippen LogP contribution in [0, 0.1) is 6.92 Å². The van der Waals surface area contributed by atoms with Gasteiger partial charge in [0.05, 0.1) is 11.6 Å². The van der Waals surface area contributed by atoms with Gasteiger partial charge in [0.1, 0.15) is 11.6 Å². The molecule has 0 aliphatic carbocycles. The van der Waals surface area contributed by atoms with Crippen LogP contribution in [0.2, 0.25) is 0 Å². The molecule has 0 bridgehead atoms. The van der Waals surface area contributed by atoms with E-state index in [1.165, 1.54) is 0 Å². The highest BCUT2D eigenvalue weighted by Crippen LogP contribution is 2.22. The highest BCUT2D eigenvalue weighted by atomic mass is 15.2. The van der Waals surface area contributed by atoms with Gasteiger partial charge < -0.3 is 5.73 Å². The average Bonchev–Trinajstić information content (AvgIpc) is 2.79. The fourth-order valence-corrected chi connectivity index (χ4v) is 2.07. The number of aryl methyl sites for hydroxylation is 1. The van der Waals surface area contributed by atoms with Crippen molar-refractivity contribution in [2.75, 3.05) is 0 Å². The summed E-state index contributed by atoms with van der Waals surface area (Å²) in [5, 5.41) is 0. The van der Waals surface area contributed by atoms with Crippen LogP contribution < -0.4 is 5.73 Å². The third kappa shape index (κ3) is 1.98. The van der Waals surface area contributed by atoms with Crippen LogP contribution in [0.1, 0.15) is 24.4 Å². The quantitative estimate of drug-likeness (QED) is 0.759. The second-order valence-electron chi connectivity index (χ2n) is 4.63. The van der Waals surface area contributed by atoms with Crippen molar-refractivity contribution >= 4 is 11.2 Å². The van der Waals surface area contributed by atoms with Crippen LogP contribution in [0.5, 0.6) is 0 Å². The summed E-state index contributed by atoms with van der Waals surface area (Å²) in [7, 11) is 0. The third-order valence-electron chi connectivity index (χ3n) is 2.99.